The number of unbranched alkanes of at least 4 members (excludes halogenated alkanes) is 2. The molecule has 1 saturated heterocycles. The second-order valence-corrected chi connectivity index (χ2v) is 8.20. The lowest BCUT2D eigenvalue weighted by atomic mass is 9.98. The number of aliphatic hydroxyl groups is 2. The highest BCUT2D eigenvalue weighted by Crippen LogP contribution is 2.22. The third kappa shape index (κ3) is 10.8. The summed E-state index contributed by atoms with van der Waals surface area (Å²) >= 11 is 0. The van der Waals surface area contributed by atoms with Crippen molar-refractivity contribution in [3.63, 3.8) is 0 Å². The Bertz CT molecular complexity index is 633. The number of carbonyl (C=O) groups excluding carboxylic acids is 2. The van der Waals surface area contributed by atoms with E-state index >= 15 is 0 Å². The molecule has 0 aromatic rings. The Balaban J connectivity index is 1.51. The van der Waals surface area contributed by atoms with Crippen LogP contribution in [0.3, 0.4) is 0 Å². The number of rotatable bonds is 16. The van der Waals surface area contributed by atoms with Crippen LogP contribution in [0.5, 0.6) is 0 Å². The molecule has 0 bridgehead atoms. The molecule has 1 aliphatic carbocycles. The fourth-order valence-electron chi connectivity index (χ4n) is 3.48. The van der Waals surface area contributed by atoms with Gasteiger partial charge in [-0.15, -0.1) is 0 Å². The summed E-state index contributed by atoms with van der Waals surface area (Å²) in [6.07, 6.45) is 9.32. The largest absolute Gasteiger partial charge is 0.376 e. The fourth-order valence-corrected chi connectivity index (χ4v) is 3.48. The zero-order valence-electron chi connectivity index (χ0n) is 18.4. The van der Waals surface area contributed by atoms with E-state index in [0.717, 1.165) is 63.7 Å². The second kappa shape index (κ2) is 14.2. The average molecular weight is 439 g/mol. The van der Waals surface area contributed by atoms with Gasteiger partial charge in [0.05, 0.1) is 13.2 Å². The van der Waals surface area contributed by atoms with Crippen LogP contribution in [-0.4, -0.2) is 72.2 Å². The Hall–Kier alpha value is -1.94. The maximum absolute atomic E-state index is 11.9. The van der Waals surface area contributed by atoms with E-state index in [2.05, 4.69) is 10.6 Å². The van der Waals surface area contributed by atoms with E-state index in [9.17, 15) is 19.8 Å². The van der Waals surface area contributed by atoms with Crippen LogP contribution in [0.25, 0.3) is 0 Å². The van der Waals surface area contributed by atoms with Crippen LogP contribution in [0.2, 0.25) is 0 Å². The first-order chi connectivity index (χ1) is 14.9. The molecule has 9 heteroatoms. The number of carbonyl (C=O) groups is 2. The van der Waals surface area contributed by atoms with Crippen molar-refractivity contribution in [1.29, 1.82) is 0 Å². The number of nitrogens with zero attached hydrogens (tertiary/aromatic N) is 1. The van der Waals surface area contributed by atoms with E-state index in [0.29, 0.717) is 19.4 Å². The number of hydrogen-bond acceptors (Lipinski definition) is 7. The molecule has 2 amide bonds. The number of nitrogens with one attached hydrogen (secondary N) is 2. The molecule has 9 nitrogen and oxygen atoms in total. The number of hydrogen-bond donors (Lipinski definition) is 5. The zero-order chi connectivity index (χ0) is 22.5. The van der Waals surface area contributed by atoms with Crippen LogP contribution >= 0.6 is 0 Å². The normalized spacial score (nSPS) is 17.9. The molecule has 6 N–H and O–H groups in total. The highest BCUT2D eigenvalue weighted by molar-refractivity contribution is 5.77. The summed E-state index contributed by atoms with van der Waals surface area (Å²) in [4.78, 5) is 24.5. The lowest BCUT2D eigenvalue weighted by Crippen LogP contribution is -2.41. The summed E-state index contributed by atoms with van der Waals surface area (Å²) in [6.45, 7) is 2.56. The van der Waals surface area contributed by atoms with Crippen molar-refractivity contribution in [2.75, 3.05) is 32.8 Å². The van der Waals surface area contributed by atoms with Gasteiger partial charge in [-0.2, -0.15) is 0 Å². The first-order valence-electron chi connectivity index (χ1n) is 11.3. The van der Waals surface area contributed by atoms with Gasteiger partial charge in [0.25, 0.3) is 0 Å². The van der Waals surface area contributed by atoms with E-state index in [4.69, 9.17) is 10.5 Å². The summed E-state index contributed by atoms with van der Waals surface area (Å²) in [7, 11) is 0. The summed E-state index contributed by atoms with van der Waals surface area (Å²) in [5, 5.41) is 25.9. The van der Waals surface area contributed by atoms with Crippen molar-refractivity contribution in [3.05, 3.63) is 23.4 Å². The molecule has 176 valence electrons. The van der Waals surface area contributed by atoms with E-state index in [1.54, 1.807) is 0 Å². The molecule has 2 aliphatic rings. The SMILES string of the molecule is NC(=O)CCCCCN[C@@H](O)COC[C@@H](O)NC1=CC=C(CCC(=O)N2CCC2)CC1. The number of nitrogens with two attached hydrogens (primary N) is 1. The molecule has 0 saturated carbocycles. The van der Waals surface area contributed by atoms with E-state index < -0.39 is 12.5 Å². The average Bonchev–Trinajstić information content (AvgIpc) is 2.68. The van der Waals surface area contributed by atoms with Crippen molar-refractivity contribution >= 4 is 11.8 Å². The maximum atomic E-state index is 11.9. The van der Waals surface area contributed by atoms with Gasteiger partial charge in [-0.3, -0.25) is 14.9 Å². The Morgan fingerprint density at radius 3 is 2.48 bits per heavy atom. The number of ether oxygens (including phenoxy) is 1. The topological polar surface area (TPSA) is 137 Å². The van der Waals surface area contributed by atoms with Crippen LogP contribution in [0, 0.1) is 0 Å². The molecule has 0 spiro atoms. The molecule has 0 aromatic heterocycles. The summed E-state index contributed by atoms with van der Waals surface area (Å²) in [6, 6.07) is 0. The van der Waals surface area contributed by atoms with Crippen LogP contribution < -0.4 is 16.4 Å². The number of primary amides is 1. The molecule has 0 unspecified atom stereocenters. The molecule has 31 heavy (non-hydrogen) atoms. The first kappa shape index (κ1) is 25.3. The highest BCUT2D eigenvalue weighted by Gasteiger charge is 2.20. The third-order valence-corrected chi connectivity index (χ3v) is 5.49. The first-order valence-corrected chi connectivity index (χ1v) is 11.3. The molecular weight excluding hydrogens is 400 g/mol. The van der Waals surface area contributed by atoms with Crippen molar-refractivity contribution in [2.24, 2.45) is 5.73 Å². The predicted molar refractivity (Wildman–Crippen MR) is 117 cm³/mol. The third-order valence-electron chi connectivity index (χ3n) is 5.49. The predicted octanol–water partition coefficient (Wildman–Crippen LogP) is 0.481. The molecule has 2 rings (SSSR count). The van der Waals surface area contributed by atoms with Crippen molar-refractivity contribution in [2.45, 2.75) is 70.2 Å². The van der Waals surface area contributed by atoms with Crippen molar-refractivity contribution in [3.8, 4) is 0 Å². The van der Waals surface area contributed by atoms with Crippen LogP contribution in [0.4, 0.5) is 0 Å². The highest BCUT2D eigenvalue weighted by atomic mass is 16.5. The maximum Gasteiger partial charge on any atom is 0.222 e. The molecule has 0 radical (unpaired) electrons. The minimum Gasteiger partial charge on any atom is -0.376 e. The number of allylic oxidation sites excluding steroid dienone is 4. The molecule has 1 fully saturated rings. The quantitative estimate of drug-likeness (QED) is 0.175. The van der Waals surface area contributed by atoms with Gasteiger partial charge in [0.2, 0.25) is 11.8 Å². The monoisotopic (exact) mass is 438 g/mol. The summed E-state index contributed by atoms with van der Waals surface area (Å²) in [5.74, 6) is -0.0459. The fraction of sp³-hybridized carbons (Fsp3) is 0.727. The van der Waals surface area contributed by atoms with Gasteiger partial charge in [0.15, 0.2) is 0 Å². The molecular formula is C22H38N4O5. The van der Waals surface area contributed by atoms with Gasteiger partial charge in [-0.1, -0.05) is 18.1 Å². The smallest absolute Gasteiger partial charge is 0.222 e. The number of likely N-dealkylation sites (tertiary alicyclic amines) is 1. The van der Waals surface area contributed by atoms with Gasteiger partial charge in [-0.05, 0) is 51.1 Å². The second-order valence-electron chi connectivity index (χ2n) is 8.20. The van der Waals surface area contributed by atoms with Crippen LogP contribution in [-0.2, 0) is 14.3 Å². The molecule has 0 aromatic carbocycles. The van der Waals surface area contributed by atoms with Gasteiger partial charge in [0.1, 0.15) is 12.5 Å². The molecule has 1 aliphatic heterocycles. The van der Waals surface area contributed by atoms with E-state index in [-0.39, 0.29) is 25.0 Å². The summed E-state index contributed by atoms with van der Waals surface area (Å²) < 4.78 is 5.36. The van der Waals surface area contributed by atoms with Crippen molar-refractivity contribution < 1.29 is 24.5 Å². The van der Waals surface area contributed by atoms with Gasteiger partial charge < -0.3 is 30.9 Å². The van der Waals surface area contributed by atoms with Crippen molar-refractivity contribution in [1.82, 2.24) is 15.5 Å². The minimum atomic E-state index is -0.852. The summed E-state index contributed by atoms with van der Waals surface area (Å²) in [5.41, 5.74) is 7.27. The molecule has 1 heterocycles. The van der Waals surface area contributed by atoms with Gasteiger partial charge in [0, 0.05) is 31.6 Å². The Morgan fingerprint density at radius 1 is 1.06 bits per heavy atom. The minimum absolute atomic E-state index is 0.0651. The van der Waals surface area contributed by atoms with E-state index in [1.165, 1.54) is 5.57 Å². The molecule has 2 atom stereocenters. The zero-order valence-corrected chi connectivity index (χ0v) is 18.4. The van der Waals surface area contributed by atoms with Gasteiger partial charge >= 0.3 is 0 Å². The van der Waals surface area contributed by atoms with Crippen LogP contribution in [0.1, 0.15) is 57.8 Å². The number of amides is 2. The Kier molecular flexibility index (Phi) is 11.6. The standard InChI is InChI=1S/C22H38N4O5/c23-19(27)5-2-1-3-12-24-20(28)15-31-16-21(29)25-18-9-6-17(7-10-18)8-11-22(30)26-13-4-14-26/h6,9,20-21,24-25,28-29H,1-5,7-8,10-16H2,(H2,23,27)/t20-,21+/m0/s1. The lowest BCUT2D eigenvalue weighted by Gasteiger charge is -2.31. The number of aliphatic hydroxyl groups excluding tert-OH is 2. The Labute approximate surface area is 184 Å². The van der Waals surface area contributed by atoms with Crippen LogP contribution in [0.15, 0.2) is 23.4 Å². The van der Waals surface area contributed by atoms with Gasteiger partial charge in [-0.25, -0.2) is 0 Å². The lowest BCUT2D eigenvalue weighted by molar-refractivity contribution is -0.134. The van der Waals surface area contributed by atoms with E-state index in [1.807, 2.05) is 17.1 Å². The Morgan fingerprint density at radius 2 is 1.84 bits per heavy atom.